The number of amides is 1. The summed E-state index contributed by atoms with van der Waals surface area (Å²) in [5, 5.41) is 7.56. The lowest BCUT2D eigenvalue weighted by atomic mass is 10.1. The molecular formula is C19H21N5O3S. The summed E-state index contributed by atoms with van der Waals surface area (Å²) in [7, 11) is 0. The maximum atomic E-state index is 12.4. The monoisotopic (exact) mass is 399 g/mol. The van der Waals surface area contributed by atoms with Crippen molar-refractivity contribution in [3.05, 3.63) is 46.5 Å². The number of hydrogen-bond acceptors (Lipinski definition) is 6. The molecule has 8 nitrogen and oxygen atoms in total. The van der Waals surface area contributed by atoms with Gasteiger partial charge in [-0.1, -0.05) is 42.1 Å². The Morgan fingerprint density at radius 1 is 1.39 bits per heavy atom. The summed E-state index contributed by atoms with van der Waals surface area (Å²) < 4.78 is 6.76. The number of nitrogens with one attached hydrogen (secondary N) is 2. The molecule has 0 unspecified atom stereocenters. The Morgan fingerprint density at radius 3 is 2.96 bits per heavy atom. The Hall–Kier alpha value is -2.65. The van der Waals surface area contributed by atoms with Crippen molar-refractivity contribution in [1.82, 2.24) is 24.9 Å². The largest absolute Gasteiger partial charge is 0.376 e. The number of carbonyl (C=O) groups is 1. The number of rotatable bonds is 6. The average Bonchev–Trinajstić information content (AvgIpc) is 3.33. The van der Waals surface area contributed by atoms with E-state index in [0.29, 0.717) is 17.3 Å². The molecule has 1 aromatic carbocycles. The highest BCUT2D eigenvalue weighted by atomic mass is 32.2. The Kier molecular flexibility index (Phi) is 5.45. The maximum Gasteiger partial charge on any atom is 0.350 e. The number of H-pyrrole nitrogens is 1. The van der Waals surface area contributed by atoms with Crippen LogP contribution in [0.3, 0.4) is 0 Å². The first-order chi connectivity index (χ1) is 13.6. The zero-order valence-corrected chi connectivity index (χ0v) is 16.3. The van der Waals surface area contributed by atoms with Gasteiger partial charge in [-0.25, -0.2) is 9.78 Å². The minimum atomic E-state index is -0.377. The number of nitrogens with zero attached hydrogens (tertiary/aromatic N) is 3. The predicted octanol–water partition coefficient (Wildman–Crippen LogP) is 1.78. The molecule has 1 aliphatic rings. The summed E-state index contributed by atoms with van der Waals surface area (Å²) in [4.78, 5) is 31.7. The van der Waals surface area contributed by atoms with Crippen molar-refractivity contribution in [1.29, 1.82) is 0 Å². The van der Waals surface area contributed by atoms with E-state index < -0.39 is 0 Å². The summed E-state index contributed by atoms with van der Waals surface area (Å²) in [6.45, 7) is 3.12. The number of aryl methyl sites for hydroxylation is 1. The fourth-order valence-electron chi connectivity index (χ4n) is 3.26. The fourth-order valence-corrected chi connectivity index (χ4v) is 3.94. The third-order valence-electron chi connectivity index (χ3n) is 4.60. The highest BCUT2D eigenvalue weighted by Gasteiger charge is 2.18. The van der Waals surface area contributed by atoms with Crippen LogP contribution in [-0.2, 0) is 9.53 Å². The van der Waals surface area contributed by atoms with E-state index in [2.05, 4.69) is 20.4 Å². The second kappa shape index (κ2) is 8.15. The van der Waals surface area contributed by atoms with E-state index in [-0.39, 0.29) is 23.5 Å². The predicted molar refractivity (Wildman–Crippen MR) is 106 cm³/mol. The zero-order valence-electron chi connectivity index (χ0n) is 15.5. The van der Waals surface area contributed by atoms with Crippen molar-refractivity contribution < 1.29 is 9.53 Å². The summed E-state index contributed by atoms with van der Waals surface area (Å²) in [5.74, 6) is 0.0515. The first-order valence-corrected chi connectivity index (χ1v) is 10.2. The molecule has 0 spiro atoms. The molecule has 9 heteroatoms. The summed E-state index contributed by atoms with van der Waals surface area (Å²) in [5.41, 5.74) is 2.59. The van der Waals surface area contributed by atoms with Crippen molar-refractivity contribution in [3.63, 3.8) is 0 Å². The second-order valence-corrected chi connectivity index (χ2v) is 7.60. The molecule has 1 amide bonds. The van der Waals surface area contributed by atoms with Crippen LogP contribution in [0.4, 0.5) is 0 Å². The standard InChI is InChI=1S/C19H21N5O3S/c1-12-16(13-6-3-2-4-7-13)17-21-18(22-19(26)24(17)23-12)28-11-15(25)20-10-14-8-5-9-27-14/h2-4,6-7,14H,5,8-11H2,1H3,(H,20,25)(H,21,22,26)/t14-/m0/s1. The number of benzene rings is 1. The highest BCUT2D eigenvalue weighted by Crippen LogP contribution is 2.26. The first-order valence-electron chi connectivity index (χ1n) is 9.18. The summed E-state index contributed by atoms with van der Waals surface area (Å²) in [6.07, 6.45) is 2.11. The summed E-state index contributed by atoms with van der Waals surface area (Å²) >= 11 is 1.19. The molecule has 3 aromatic rings. The van der Waals surface area contributed by atoms with Crippen molar-refractivity contribution in [3.8, 4) is 11.1 Å². The molecule has 3 heterocycles. The van der Waals surface area contributed by atoms with Gasteiger partial charge in [0.25, 0.3) is 0 Å². The van der Waals surface area contributed by atoms with Gasteiger partial charge in [-0.15, -0.1) is 0 Å². The second-order valence-electron chi connectivity index (χ2n) is 6.64. The fraction of sp³-hybridized carbons (Fsp3) is 0.368. The molecule has 0 bridgehead atoms. The van der Waals surface area contributed by atoms with Crippen LogP contribution in [-0.4, -0.2) is 50.5 Å². The summed E-state index contributed by atoms with van der Waals surface area (Å²) in [6, 6.07) is 9.71. The third kappa shape index (κ3) is 3.95. The van der Waals surface area contributed by atoms with Crippen LogP contribution >= 0.6 is 11.8 Å². The lowest BCUT2D eigenvalue weighted by Gasteiger charge is -2.10. The van der Waals surface area contributed by atoms with Crippen LogP contribution in [0.2, 0.25) is 0 Å². The van der Waals surface area contributed by atoms with E-state index in [1.165, 1.54) is 16.3 Å². The first kappa shape index (κ1) is 18.7. The number of aromatic nitrogens is 4. The Balaban J connectivity index is 1.52. The third-order valence-corrected chi connectivity index (χ3v) is 5.48. The SMILES string of the molecule is Cc1nn2c(=O)[nH]c(SCC(=O)NC[C@@H]3CCCO3)nc2c1-c1ccccc1. The molecule has 2 aromatic heterocycles. The molecule has 0 saturated carbocycles. The van der Waals surface area contributed by atoms with Crippen LogP contribution < -0.4 is 11.0 Å². The number of ether oxygens (including phenoxy) is 1. The Bertz CT molecular complexity index is 1040. The number of carbonyl (C=O) groups excluding carboxylic acids is 1. The van der Waals surface area contributed by atoms with Crippen molar-refractivity contribution in [2.45, 2.75) is 31.0 Å². The van der Waals surface area contributed by atoms with Gasteiger partial charge in [0, 0.05) is 18.7 Å². The number of thioether (sulfide) groups is 1. The molecule has 146 valence electrons. The van der Waals surface area contributed by atoms with E-state index in [1.54, 1.807) is 0 Å². The molecule has 4 rings (SSSR count). The zero-order chi connectivity index (χ0) is 19.5. The van der Waals surface area contributed by atoms with Crippen LogP contribution in [0.5, 0.6) is 0 Å². The van der Waals surface area contributed by atoms with Crippen molar-refractivity contribution in [2.75, 3.05) is 18.9 Å². The van der Waals surface area contributed by atoms with Gasteiger partial charge < -0.3 is 10.1 Å². The highest BCUT2D eigenvalue weighted by molar-refractivity contribution is 7.99. The molecule has 1 saturated heterocycles. The molecule has 1 atom stereocenters. The molecule has 0 aliphatic carbocycles. The topological polar surface area (TPSA) is 101 Å². The van der Waals surface area contributed by atoms with E-state index in [1.807, 2.05) is 37.3 Å². The van der Waals surface area contributed by atoms with Crippen LogP contribution in [0.15, 0.2) is 40.3 Å². The van der Waals surface area contributed by atoms with Gasteiger partial charge in [0.15, 0.2) is 10.8 Å². The molecular weight excluding hydrogens is 378 g/mol. The molecule has 1 fully saturated rings. The van der Waals surface area contributed by atoms with E-state index in [4.69, 9.17) is 4.74 Å². The van der Waals surface area contributed by atoms with Gasteiger partial charge in [-0.2, -0.15) is 9.61 Å². The normalized spacial score (nSPS) is 16.5. The van der Waals surface area contributed by atoms with E-state index in [9.17, 15) is 9.59 Å². The number of hydrogen-bond donors (Lipinski definition) is 2. The van der Waals surface area contributed by atoms with Crippen molar-refractivity contribution in [2.24, 2.45) is 0 Å². The molecule has 28 heavy (non-hydrogen) atoms. The van der Waals surface area contributed by atoms with Crippen LogP contribution in [0, 0.1) is 6.92 Å². The molecule has 1 aliphatic heterocycles. The van der Waals surface area contributed by atoms with Gasteiger partial charge in [-0.3, -0.25) is 9.78 Å². The number of aromatic amines is 1. The van der Waals surface area contributed by atoms with Gasteiger partial charge >= 0.3 is 5.69 Å². The van der Waals surface area contributed by atoms with Gasteiger partial charge in [0.2, 0.25) is 5.91 Å². The van der Waals surface area contributed by atoms with E-state index in [0.717, 1.165) is 36.3 Å². The lowest BCUT2D eigenvalue weighted by Crippen LogP contribution is -2.33. The van der Waals surface area contributed by atoms with Gasteiger partial charge in [-0.05, 0) is 25.3 Å². The Morgan fingerprint density at radius 2 is 2.21 bits per heavy atom. The minimum Gasteiger partial charge on any atom is -0.376 e. The van der Waals surface area contributed by atoms with Gasteiger partial charge in [0.1, 0.15) is 0 Å². The quantitative estimate of drug-likeness (QED) is 0.613. The molecule has 2 N–H and O–H groups in total. The van der Waals surface area contributed by atoms with Crippen LogP contribution in [0.25, 0.3) is 16.8 Å². The Labute approximate surface area is 165 Å². The minimum absolute atomic E-state index is 0.103. The maximum absolute atomic E-state index is 12.4. The lowest BCUT2D eigenvalue weighted by molar-refractivity contribution is -0.119. The van der Waals surface area contributed by atoms with Crippen molar-refractivity contribution >= 4 is 23.3 Å². The average molecular weight is 399 g/mol. The smallest absolute Gasteiger partial charge is 0.350 e. The van der Waals surface area contributed by atoms with Crippen LogP contribution in [0.1, 0.15) is 18.5 Å². The van der Waals surface area contributed by atoms with Gasteiger partial charge in [0.05, 0.1) is 17.6 Å². The number of fused-ring (bicyclic) bond motifs is 1. The molecule has 0 radical (unpaired) electrons. The van der Waals surface area contributed by atoms with E-state index >= 15 is 0 Å².